The first kappa shape index (κ1) is 25.5. The van der Waals surface area contributed by atoms with Gasteiger partial charge >= 0.3 is 0 Å². The molecule has 2 amide bonds. The van der Waals surface area contributed by atoms with E-state index < -0.39 is 17.9 Å². The maximum atomic E-state index is 13.8. The first-order valence-corrected chi connectivity index (χ1v) is 12.4. The van der Waals surface area contributed by atoms with E-state index in [1.165, 1.54) is 29.6 Å². The number of nitrogens with zero attached hydrogens (tertiary/aromatic N) is 5. The molecule has 39 heavy (non-hydrogen) atoms. The van der Waals surface area contributed by atoms with Gasteiger partial charge in [-0.25, -0.2) is 9.37 Å². The number of imidazole rings is 1. The summed E-state index contributed by atoms with van der Waals surface area (Å²) in [5.41, 5.74) is 3.03. The average Bonchev–Trinajstić information content (AvgIpc) is 3.68. The highest BCUT2D eigenvalue weighted by atomic mass is 19.1. The van der Waals surface area contributed by atoms with Crippen LogP contribution in [0.1, 0.15) is 33.2 Å². The predicted molar refractivity (Wildman–Crippen MR) is 143 cm³/mol. The van der Waals surface area contributed by atoms with Crippen molar-refractivity contribution in [2.45, 2.75) is 19.0 Å². The van der Waals surface area contributed by atoms with Gasteiger partial charge < -0.3 is 10.3 Å². The van der Waals surface area contributed by atoms with Gasteiger partial charge in [0.1, 0.15) is 17.6 Å². The summed E-state index contributed by atoms with van der Waals surface area (Å²) in [7, 11) is 0. The Hall–Kier alpha value is -5.12. The number of halogens is 1. The highest BCUT2D eigenvalue weighted by Gasteiger charge is 2.34. The number of hydrogen-bond acceptors (Lipinski definition) is 5. The molecule has 2 N–H and O–H groups in total. The summed E-state index contributed by atoms with van der Waals surface area (Å²) >= 11 is 0. The van der Waals surface area contributed by atoms with Gasteiger partial charge in [0, 0.05) is 42.6 Å². The van der Waals surface area contributed by atoms with Gasteiger partial charge in [-0.2, -0.15) is 5.10 Å². The van der Waals surface area contributed by atoms with Crippen molar-refractivity contribution in [3.8, 4) is 0 Å². The van der Waals surface area contributed by atoms with Gasteiger partial charge in [-0.1, -0.05) is 30.3 Å². The number of pyridine rings is 1. The quantitative estimate of drug-likeness (QED) is 0.288. The summed E-state index contributed by atoms with van der Waals surface area (Å²) in [5, 5.41) is 7.16. The minimum Gasteiger partial charge on any atom is -0.354 e. The lowest BCUT2D eigenvalue weighted by molar-refractivity contribution is -0.122. The molecular formula is C29H26FN7O2. The molecule has 9 nitrogen and oxygen atoms in total. The molecule has 0 spiro atoms. The van der Waals surface area contributed by atoms with E-state index >= 15 is 0 Å². The molecule has 0 aliphatic carbocycles. The fraction of sp³-hybridized carbons (Fsp3) is 0.138. The van der Waals surface area contributed by atoms with E-state index in [2.05, 4.69) is 25.4 Å². The SMILES string of the molecule is O=C(NCCc1cccc(F)c1)C(c1cccnc1)N(C(=O)c1cnc[nH]1)c1ccc(Cn2cccn2)cc1. The van der Waals surface area contributed by atoms with Crippen LogP contribution in [-0.2, 0) is 17.8 Å². The zero-order chi connectivity index (χ0) is 27.0. The van der Waals surface area contributed by atoms with Crippen LogP contribution in [0, 0.1) is 5.82 Å². The summed E-state index contributed by atoms with van der Waals surface area (Å²) in [6.07, 6.45) is 10.0. The van der Waals surface area contributed by atoms with Gasteiger partial charge in [0.15, 0.2) is 0 Å². The average molecular weight is 524 g/mol. The molecule has 5 aromatic rings. The highest BCUT2D eigenvalue weighted by Crippen LogP contribution is 2.29. The largest absolute Gasteiger partial charge is 0.354 e. The van der Waals surface area contributed by atoms with Gasteiger partial charge in [-0.15, -0.1) is 0 Å². The van der Waals surface area contributed by atoms with Gasteiger partial charge in [0.25, 0.3) is 5.91 Å². The summed E-state index contributed by atoms with van der Waals surface area (Å²) in [6, 6.07) is 17.9. The van der Waals surface area contributed by atoms with E-state index in [1.54, 1.807) is 59.7 Å². The number of rotatable bonds is 10. The third-order valence-electron chi connectivity index (χ3n) is 6.17. The molecule has 10 heteroatoms. The molecule has 5 rings (SSSR count). The van der Waals surface area contributed by atoms with E-state index in [-0.39, 0.29) is 18.1 Å². The number of hydrogen-bond donors (Lipinski definition) is 2. The molecule has 3 aromatic heterocycles. The van der Waals surface area contributed by atoms with Crippen LogP contribution in [0.3, 0.4) is 0 Å². The monoisotopic (exact) mass is 523 g/mol. The Morgan fingerprint density at radius 2 is 1.85 bits per heavy atom. The van der Waals surface area contributed by atoms with Crippen molar-refractivity contribution in [3.63, 3.8) is 0 Å². The number of H-pyrrole nitrogens is 1. The molecule has 2 aromatic carbocycles. The molecule has 0 saturated carbocycles. The highest BCUT2D eigenvalue weighted by molar-refractivity contribution is 6.09. The predicted octanol–water partition coefficient (Wildman–Crippen LogP) is 3.94. The van der Waals surface area contributed by atoms with Crippen molar-refractivity contribution in [3.05, 3.63) is 132 Å². The smallest absolute Gasteiger partial charge is 0.277 e. The zero-order valence-corrected chi connectivity index (χ0v) is 20.9. The van der Waals surface area contributed by atoms with Crippen LogP contribution >= 0.6 is 0 Å². The molecule has 0 saturated heterocycles. The number of aromatic nitrogens is 5. The molecule has 0 aliphatic rings. The Kier molecular flexibility index (Phi) is 7.82. The number of carbonyl (C=O) groups excluding carboxylic acids is 2. The minimum atomic E-state index is -1.03. The van der Waals surface area contributed by atoms with Crippen LogP contribution in [0.2, 0.25) is 0 Å². The first-order chi connectivity index (χ1) is 19.1. The molecule has 196 valence electrons. The number of aromatic amines is 1. The number of nitrogens with one attached hydrogen (secondary N) is 2. The summed E-state index contributed by atoms with van der Waals surface area (Å²) in [4.78, 5) is 40.0. The second-order valence-corrected chi connectivity index (χ2v) is 8.87. The lowest BCUT2D eigenvalue weighted by Gasteiger charge is -2.31. The first-order valence-electron chi connectivity index (χ1n) is 12.4. The van der Waals surface area contributed by atoms with Gasteiger partial charge in [0.2, 0.25) is 5.91 Å². The van der Waals surface area contributed by atoms with Crippen LogP contribution in [0.4, 0.5) is 10.1 Å². The van der Waals surface area contributed by atoms with E-state index in [4.69, 9.17) is 0 Å². The van der Waals surface area contributed by atoms with E-state index in [1.807, 2.05) is 24.4 Å². The maximum absolute atomic E-state index is 13.8. The van der Waals surface area contributed by atoms with Crippen molar-refractivity contribution >= 4 is 17.5 Å². The Morgan fingerprint density at radius 3 is 2.54 bits per heavy atom. The molecule has 1 atom stereocenters. The normalized spacial score (nSPS) is 11.6. The molecule has 3 heterocycles. The fourth-order valence-corrected chi connectivity index (χ4v) is 4.30. The summed E-state index contributed by atoms with van der Waals surface area (Å²) in [6.45, 7) is 0.822. The molecule has 1 unspecified atom stereocenters. The fourth-order valence-electron chi connectivity index (χ4n) is 4.30. The van der Waals surface area contributed by atoms with Crippen molar-refractivity contribution < 1.29 is 14.0 Å². The number of benzene rings is 2. The molecular weight excluding hydrogens is 497 g/mol. The van der Waals surface area contributed by atoms with Gasteiger partial charge in [-0.05, 0) is 53.9 Å². The standard InChI is InChI=1S/C29H26FN7O2/c30-24-6-1-4-21(16-24)11-14-33-28(38)27(23-5-2-12-31-17-23)37(29(39)26-18-32-20-34-26)25-9-7-22(8-10-25)19-36-15-3-13-35-36/h1-10,12-13,15-18,20,27H,11,14,19H2,(H,32,34)(H,33,38). The lowest BCUT2D eigenvalue weighted by atomic mass is 10.0. The second-order valence-electron chi connectivity index (χ2n) is 8.87. The number of amides is 2. The minimum absolute atomic E-state index is 0.233. The molecule has 0 fully saturated rings. The van der Waals surface area contributed by atoms with Crippen LogP contribution < -0.4 is 10.2 Å². The van der Waals surface area contributed by atoms with E-state index in [0.29, 0.717) is 24.2 Å². The third kappa shape index (κ3) is 6.24. The Morgan fingerprint density at radius 1 is 0.974 bits per heavy atom. The van der Waals surface area contributed by atoms with E-state index in [9.17, 15) is 14.0 Å². The summed E-state index contributed by atoms with van der Waals surface area (Å²) < 4.78 is 15.4. The van der Waals surface area contributed by atoms with Crippen LogP contribution in [0.5, 0.6) is 0 Å². The second kappa shape index (κ2) is 12.0. The molecule has 0 bridgehead atoms. The number of anilines is 1. The van der Waals surface area contributed by atoms with Crippen LogP contribution in [-0.4, -0.2) is 43.1 Å². The van der Waals surface area contributed by atoms with Crippen molar-refractivity contribution in [1.29, 1.82) is 0 Å². The Bertz CT molecular complexity index is 1510. The topological polar surface area (TPSA) is 109 Å². The maximum Gasteiger partial charge on any atom is 0.277 e. The van der Waals surface area contributed by atoms with Crippen molar-refractivity contribution in [2.24, 2.45) is 0 Å². The summed E-state index contributed by atoms with van der Waals surface area (Å²) in [5.74, 6) is -1.16. The lowest BCUT2D eigenvalue weighted by Crippen LogP contribution is -2.44. The van der Waals surface area contributed by atoms with Crippen LogP contribution in [0.25, 0.3) is 0 Å². The molecule has 0 radical (unpaired) electrons. The molecule has 0 aliphatic heterocycles. The third-order valence-corrected chi connectivity index (χ3v) is 6.17. The Labute approximate surface area is 224 Å². The Balaban J connectivity index is 1.46. The van der Waals surface area contributed by atoms with Crippen LogP contribution in [0.15, 0.2) is 104 Å². The van der Waals surface area contributed by atoms with Crippen molar-refractivity contribution in [1.82, 2.24) is 30.0 Å². The van der Waals surface area contributed by atoms with Crippen molar-refractivity contribution in [2.75, 3.05) is 11.4 Å². The number of carbonyl (C=O) groups is 2. The van der Waals surface area contributed by atoms with Gasteiger partial charge in [-0.3, -0.25) is 24.2 Å². The van der Waals surface area contributed by atoms with Gasteiger partial charge in [0.05, 0.1) is 19.1 Å². The van der Waals surface area contributed by atoms with E-state index in [0.717, 1.165) is 11.1 Å². The zero-order valence-electron chi connectivity index (χ0n) is 20.9.